The van der Waals surface area contributed by atoms with Crippen LogP contribution in [-0.4, -0.2) is 23.0 Å². The summed E-state index contributed by atoms with van der Waals surface area (Å²) < 4.78 is 0.604. The zero-order valence-electron chi connectivity index (χ0n) is 9.62. The quantitative estimate of drug-likeness (QED) is 0.695. The van der Waals surface area contributed by atoms with Crippen molar-refractivity contribution in [3.8, 4) is 0 Å². The lowest BCUT2D eigenvalue weighted by Crippen LogP contribution is -2.36. The average Bonchev–Trinajstić information content (AvgIpc) is 2.36. The van der Waals surface area contributed by atoms with Crippen molar-refractivity contribution in [1.29, 1.82) is 0 Å². The second-order valence-electron chi connectivity index (χ2n) is 3.75. The number of rotatable bonds is 5. The van der Waals surface area contributed by atoms with E-state index >= 15 is 0 Å². The minimum absolute atomic E-state index is 0.0447. The number of hydrogen-bond acceptors (Lipinski definition) is 3. The molecule has 0 saturated carbocycles. The van der Waals surface area contributed by atoms with Crippen LogP contribution in [0.4, 0.5) is 5.69 Å². The van der Waals surface area contributed by atoms with E-state index in [1.54, 1.807) is 12.1 Å². The Morgan fingerprint density at radius 1 is 1.37 bits per heavy atom. The summed E-state index contributed by atoms with van der Waals surface area (Å²) in [5, 5.41) is 11.5. The SMILES string of the molecule is NC(CCC(=O)O)C(=O)Nc1ccc(Br)c(Cl)c1Cl. The number of nitrogens with one attached hydrogen (secondary N) is 1. The average molecular weight is 370 g/mol. The van der Waals surface area contributed by atoms with E-state index in [2.05, 4.69) is 21.2 Å². The molecule has 5 nitrogen and oxygen atoms in total. The molecule has 0 aliphatic carbocycles. The maximum atomic E-state index is 11.7. The number of anilines is 1. The van der Waals surface area contributed by atoms with E-state index < -0.39 is 17.9 Å². The molecule has 4 N–H and O–H groups in total. The monoisotopic (exact) mass is 368 g/mol. The molecule has 0 bridgehead atoms. The highest BCUT2D eigenvalue weighted by Gasteiger charge is 2.17. The van der Waals surface area contributed by atoms with Crippen LogP contribution in [0.25, 0.3) is 0 Å². The van der Waals surface area contributed by atoms with E-state index in [0.717, 1.165) is 0 Å². The van der Waals surface area contributed by atoms with Crippen molar-refractivity contribution >= 4 is 56.7 Å². The highest BCUT2D eigenvalue weighted by molar-refractivity contribution is 9.10. The Kier molecular flexibility index (Phi) is 6.06. The summed E-state index contributed by atoms with van der Waals surface area (Å²) in [5.74, 6) is -1.52. The first-order chi connectivity index (χ1) is 8.82. The van der Waals surface area contributed by atoms with Gasteiger partial charge in [0.1, 0.15) is 0 Å². The molecule has 0 aliphatic rings. The molecule has 8 heteroatoms. The van der Waals surface area contributed by atoms with E-state index in [0.29, 0.717) is 10.2 Å². The molecule has 0 heterocycles. The first-order valence-corrected chi connectivity index (χ1v) is 6.79. The number of aliphatic carboxylic acids is 1. The van der Waals surface area contributed by atoms with Gasteiger partial charge in [-0.3, -0.25) is 9.59 Å². The lowest BCUT2D eigenvalue weighted by molar-refractivity contribution is -0.137. The van der Waals surface area contributed by atoms with Gasteiger partial charge in [-0.05, 0) is 34.5 Å². The molecule has 1 amide bonds. The predicted molar refractivity (Wildman–Crippen MR) is 77.6 cm³/mol. The number of benzene rings is 1. The number of nitrogens with two attached hydrogens (primary N) is 1. The van der Waals surface area contributed by atoms with Crippen molar-refractivity contribution in [3.63, 3.8) is 0 Å². The Labute approximate surface area is 128 Å². The largest absolute Gasteiger partial charge is 0.481 e. The van der Waals surface area contributed by atoms with Gasteiger partial charge in [-0.15, -0.1) is 0 Å². The summed E-state index contributed by atoms with van der Waals surface area (Å²) in [6, 6.07) is 2.28. The number of carbonyl (C=O) groups is 2. The predicted octanol–water partition coefficient (Wildman–Crippen LogP) is 2.89. The molecule has 0 aliphatic heterocycles. The summed E-state index contributed by atoms with van der Waals surface area (Å²) in [4.78, 5) is 22.1. The van der Waals surface area contributed by atoms with Gasteiger partial charge in [-0.2, -0.15) is 0 Å². The third-order valence-electron chi connectivity index (χ3n) is 2.30. The van der Waals surface area contributed by atoms with Gasteiger partial charge >= 0.3 is 5.97 Å². The molecule has 1 aromatic rings. The summed E-state index contributed by atoms with van der Waals surface area (Å²) in [7, 11) is 0. The fourth-order valence-electron chi connectivity index (χ4n) is 1.26. The van der Waals surface area contributed by atoms with Gasteiger partial charge in [0, 0.05) is 10.9 Å². The lowest BCUT2D eigenvalue weighted by Gasteiger charge is -2.13. The molecular weight excluding hydrogens is 359 g/mol. The molecule has 1 aromatic carbocycles. The van der Waals surface area contributed by atoms with Gasteiger partial charge in [0.2, 0.25) is 5.91 Å². The standard InChI is InChI=1S/C11H11BrCl2N2O3/c12-5-1-3-7(10(14)9(5)13)16-11(19)6(15)2-4-8(17)18/h1,3,6H,2,4,15H2,(H,16,19)(H,17,18). The van der Waals surface area contributed by atoms with Crippen molar-refractivity contribution in [2.75, 3.05) is 5.32 Å². The molecule has 104 valence electrons. The second kappa shape index (κ2) is 7.09. The number of halogens is 3. The van der Waals surface area contributed by atoms with Crippen LogP contribution < -0.4 is 11.1 Å². The third kappa shape index (κ3) is 4.65. The minimum atomic E-state index is -1.01. The number of hydrogen-bond donors (Lipinski definition) is 3. The summed E-state index contributed by atoms with van der Waals surface area (Å²) in [6.07, 6.45) is -0.132. The van der Waals surface area contributed by atoms with Crippen LogP contribution in [0.3, 0.4) is 0 Å². The molecule has 1 atom stereocenters. The molecule has 0 spiro atoms. The normalized spacial score (nSPS) is 12.0. The Morgan fingerprint density at radius 3 is 2.58 bits per heavy atom. The number of amides is 1. The van der Waals surface area contributed by atoms with Gasteiger partial charge in [0.05, 0.1) is 21.8 Å². The Hall–Kier alpha value is -0.820. The zero-order valence-corrected chi connectivity index (χ0v) is 12.7. The van der Waals surface area contributed by atoms with Crippen LogP contribution in [0.15, 0.2) is 16.6 Å². The summed E-state index contributed by atoms with van der Waals surface area (Å²) in [6.45, 7) is 0. The van der Waals surface area contributed by atoms with Crippen LogP contribution in [0.2, 0.25) is 10.0 Å². The van der Waals surface area contributed by atoms with E-state index in [9.17, 15) is 9.59 Å². The first-order valence-electron chi connectivity index (χ1n) is 5.24. The van der Waals surface area contributed by atoms with Gasteiger partial charge in [-0.25, -0.2) is 0 Å². The molecule has 1 unspecified atom stereocenters. The molecule has 0 saturated heterocycles. The van der Waals surface area contributed by atoms with Crippen LogP contribution in [0.5, 0.6) is 0 Å². The fourth-order valence-corrected chi connectivity index (χ4v) is 2.08. The second-order valence-corrected chi connectivity index (χ2v) is 5.36. The minimum Gasteiger partial charge on any atom is -0.481 e. The van der Waals surface area contributed by atoms with Crippen molar-refractivity contribution < 1.29 is 14.7 Å². The summed E-state index contributed by atoms with van der Waals surface area (Å²) >= 11 is 15.1. The Balaban J connectivity index is 2.72. The van der Waals surface area contributed by atoms with Crippen LogP contribution in [-0.2, 0) is 9.59 Å². The third-order valence-corrected chi connectivity index (χ3v) is 4.07. The van der Waals surface area contributed by atoms with E-state index in [1.807, 2.05) is 0 Å². The molecule has 0 fully saturated rings. The first kappa shape index (κ1) is 16.2. The van der Waals surface area contributed by atoms with Gasteiger partial charge < -0.3 is 16.2 Å². The van der Waals surface area contributed by atoms with Crippen LogP contribution in [0, 0.1) is 0 Å². The van der Waals surface area contributed by atoms with Gasteiger partial charge in [0.15, 0.2) is 0 Å². The Bertz CT molecular complexity index is 511. The van der Waals surface area contributed by atoms with E-state index in [-0.39, 0.29) is 22.9 Å². The van der Waals surface area contributed by atoms with Crippen molar-refractivity contribution in [3.05, 3.63) is 26.7 Å². The maximum Gasteiger partial charge on any atom is 0.303 e. The molecule has 19 heavy (non-hydrogen) atoms. The highest BCUT2D eigenvalue weighted by Crippen LogP contribution is 2.35. The van der Waals surface area contributed by atoms with Crippen LogP contribution in [0.1, 0.15) is 12.8 Å². The van der Waals surface area contributed by atoms with Crippen molar-refractivity contribution in [1.82, 2.24) is 0 Å². The smallest absolute Gasteiger partial charge is 0.303 e. The number of carbonyl (C=O) groups excluding carboxylic acids is 1. The van der Waals surface area contributed by atoms with Crippen molar-refractivity contribution in [2.24, 2.45) is 5.73 Å². The maximum absolute atomic E-state index is 11.7. The Morgan fingerprint density at radius 2 is 2.00 bits per heavy atom. The van der Waals surface area contributed by atoms with Gasteiger partial charge in [0.25, 0.3) is 0 Å². The summed E-state index contributed by atoms with van der Waals surface area (Å²) in [5.41, 5.74) is 5.90. The molecular formula is C11H11BrCl2N2O3. The number of carboxylic acid groups (broad SMARTS) is 1. The van der Waals surface area contributed by atoms with Gasteiger partial charge in [-0.1, -0.05) is 23.2 Å². The fraction of sp³-hybridized carbons (Fsp3) is 0.273. The lowest BCUT2D eigenvalue weighted by atomic mass is 10.1. The zero-order chi connectivity index (χ0) is 14.6. The molecule has 1 rings (SSSR count). The van der Waals surface area contributed by atoms with E-state index in [4.69, 9.17) is 34.0 Å². The highest BCUT2D eigenvalue weighted by atomic mass is 79.9. The molecule has 0 radical (unpaired) electrons. The van der Waals surface area contributed by atoms with Crippen molar-refractivity contribution in [2.45, 2.75) is 18.9 Å². The number of carboxylic acids is 1. The molecule has 0 aromatic heterocycles. The van der Waals surface area contributed by atoms with E-state index in [1.165, 1.54) is 0 Å². The topological polar surface area (TPSA) is 92.4 Å². The van der Waals surface area contributed by atoms with Crippen LogP contribution >= 0.6 is 39.1 Å².